The van der Waals surface area contributed by atoms with Gasteiger partial charge in [-0.2, -0.15) is 0 Å². The SMILES string of the molecule is C[Si](C)CCc1cc(C(C)(C)C)nc(C(C)(C)C)c1. The van der Waals surface area contributed by atoms with Crippen LogP contribution in [0.5, 0.6) is 0 Å². The molecule has 0 fully saturated rings. The van der Waals surface area contributed by atoms with E-state index in [4.69, 9.17) is 4.98 Å². The third kappa shape index (κ3) is 5.10. The highest BCUT2D eigenvalue weighted by Crippen LogP contribution is 2.27. The summed E-state index contributed by atoms with van der Waals surface area (Å²) in [5, 5.41) is 0. The lowest BCUT2D eigenvalue weighted by atomic mass is 9.86. The normalized spacial score (nSPS) is 13.1. The van der Waals surface area contributed by atoms with Crippen molar-refractivity contribution in [2.24, 2.45) is 0 Å². The van der Waals surface area contributed by atoms with Crippen molar-refractivity contribution < 1.29 is 0 Å². The molecule has 0 amide bonds. The highest BCUT2D eigenvalue weighted by Gasteiger charge is 2.22. The van der Waals surface area contributed by atoms with Gasteiger partial charge in [-0.15, -0.1) is 0 Å². The first-order valence-corrected chi connectivity index (χ1v) is 10.0. The number of aromatic nitrogens is 1. The number of hydrogen-bond acceptors (Lipinski definition) is 1. The smallest absolute Gasteiger partial charge is 0.0463 e. The van der Waals surface area contributed by atoms with Crippen LogP contribution in [0.15, 0.2) is 12.1 Å². The van der Waals surface area contributed by atoms with Gasteiger partial charge in [0.2, 0.25) is 0 Å². The molecule has 1 aromatic rings. The predicted molar refractivity (Wildman–Crippen MR) is 87.6 cm³/mol. The zero-order valence-corrected chi connectivity index (χ0v) is 15.0. The van der Waals surface area contributed by atoms with Gasteiger partial charge in [-0.1, -0.05) is 60.7 Å². The molecule has 0 aliphatic rings. The first kappa shape index (κ1) is 16.4. The fourth-order valence-corrected chi connectivity index (χ4v) is 2.68. The van der Waals surface area contributed by atoms with Gasteiger partial charge in [0.15, 0.2) is 0 Å². The summed E-state index contributed by atoms with van der Waals surface area (Å²) in [5.41, 5.74) is 4.19. The van der Waals surface area contributed by atoms with Gasteiger partial charge in [0.25, 0.3) is 0 Å². The van der Waals surface area contributed by atoms with Gasteiger partial charge in [0, 0.05) is 31.0 Å². The van der Waals surface area contributed by atoms with Crippen molar-refractivity contribution in [2.45, 2.75) is 77.9 Å². The molecule has 0 spiro atoms. The van der Waals surface area contributed by atoms with E-state index >= 15 is 0 Å². The Bertz CT molecular complexity index is 390. The Labute approximate surface area is 121 Å². The Morgan fingerprint density at radius 3 is 1.63 bits per heavy atom. The molecule has 19 heavy (non-hydrogen) atoms. The van der Waals surface area contributed by atoms with E-state index in [1.165, 1.54) is 29.4 Å². The number of rotatable bonds is 3. The first-order valence-electron chi connectivity index (χ1n) is 7.31. The second-order valence-corrected chi connectivity index (χ2v) is 10.9. The predicted octanol–water partition coefficient (Wildman–Crippen LogP) is 4.97. The minimum Gasteiger partial charge on any atom is -0.257 e. The van der Waals surface area contributed by atoms with Crippen LogP contribution < -0.4 is 0 Å². The lowest BCUT2D eigenvalue weighted by Crippen LogP contribution is -2.20. The minimum absolute atomic E-state index is 0.127. The molecule has 107 valence electrons. The molecule has 1 radical (unpaired) electrons. The monoisotopic (exact) mass is 276 g/mol. The van der Waals surface area contributed by atoms with Crippen LogP contribution in [0.3, 0.4) is 0 Å². The third-order valence-corrected chi connectivity index (χ3v) is 4.59. The lowest BCUT2D eigenvalue weighted by Gasteiger charge is -2.25. The zero-order chi connectivity index (χ0) is 14.8. The number of pyridine rings is 1. The maximum absolute atomic E-state index is 4.91. The molecule has 0 saturated heterocycles. The van der Waals surface area contributed by atoms with Gasteiger partial charge < -0.3 is 0 Å². The van der Waals surface area contributed by atoms with Gasteiger partial charge in [-0.25, -0.2) is 0 Å². The van der Waals surface area contributed by atoms with Crippen LogP contribution in [0.2, 0.25) is 19.1 Å². The summed E-state index contributed by atoms with van der Waals surface area (Å²) in [4.78, 5) is 4.91. The summed E-state index contributed by atoms with van der Waals surface area (Å²) < 4.78 is 0. The second kappa shape index (κ2) is 5.78. The first-order chi connectivity index (χ1) is 8.50. The molecule has 0 saturated carbocycles. The van der Waals surface area contributed by atoms with Gasteiger partial charge in [-0.05, 0) is 24.1 Å². The van der Waals surface area contributed by atoms with Gasteiger partial charge in [0.1, 0.15) is 0 Å². The van der Waals surface area contributed by atoms with E-state index in [1.807, 2.05) is 0 Å². The highest BCUT2D eigenvalue weighted by atomic mass is 28.3. The fraction of sp³-hybridized carbons (Fsp3) is 0.706. The van der Waals surface area contributed by atoms with E-state index in [9.17, 15) is 0 Å². The number of hydrogen-bond donors (Lipinski definition) is 0. The van der Waals surface area contributed by atoms with Crippen LogP contribution in [0.4, 0.5) is 0 Å². The number of nitrogens with zero attached hydrogens (tertiary/aromatic N) is 1. The highest BCUT2D eigenvalue weighted by molar-refractivity contribution is 6.55. The topological polar surface area (TPSA) is 12.9 Å². The molecule has 0 aliphatic carbocycles. The average Bonchev–Trinajstić information content (AvgIpc) is 2.23. The molecular formula is C17H30NSi. The van der Waals surface area contributed by atoms with E-state index in [-0.39, 0.29) is 19.6 Å². The lowest BCUT2D eigenvalue weighted by molar-refractivity contribution is 0.529. The molecule has 0 N–H and O–H groups in total. The molecule has 0 aliphatic heterocycles. The summed E-state index contributed by atoms with van der Waals surface area (Å²) in [5.74, 6) is 0. The summed E-state index contributed by atoms with van der Waals surface area (Å²) in [6.07, 6.45) is 1.20. The maximum Gasteiger partial charge on any atom is 0.0463 e. The standard InChI is InChI=1S/C17H30NSi/c1-16(2,3)14-11-13(9-10-19(7)8)12-15(18-14)17(4,5)6/h11-12H,9-10H2,1-8H3. The van der Waals surface area contributed by atoms with E-state index in [0.29, 0.717) is 0 Å². The largest absolute Gasteiger partial charge is 0.257 e. The quantitative estimate of drug-likeness (QED) is 0.710. The zero-order valence-electron chi connectivity index (χ0n) is 14.0. The fourth-order valence-electron chi connectivity index (χ4n) is 1.89. The van der Waals surface area contributed by atoms with Gasteiger partial charge in [-0.3, -0.25) is 4.98 Å². The summed E-state index contributed by atoms with van der Waals surface area (Å²) in [6, 6.07) is 5.99. The van der Waals surface area contributed by atoms with Crippen LogP contribution in [-0.2, 0) is 17.3 Å². The summed E-state index contributed by atoms with van der Waals surface area (Å²) in [6.45, 7) is 18.3. The van der Waals surface area contributed by atoms with E-state index in [2.05, 4.69) is 66.8 Å². The molecular weight excluding hydrogens is 246 g/mol. The molecule has 1 heterocycles. The Morgan fingerprint density at radius 1 is 0.895 bits per heavy atom. The maximum atomic E-state index is 4.91. The molecule has 1 aromatic heterocycles. The summed E-state index contributed by atoms with van der Waals surface area (Å²) >= 11 is 0. The number of aryl methyl sites for hydroxylation is 1. The Kier molecular flexibility index (Phi) is 5.00. The van der Waals surface area contributed by atoms with Crippen LogP contribution >= 0.6 is 0 Å². The Hall–Kier alpha value is -0.633. The van der Waals surface area contributed by atoms with Crippen molar-refractivity contribution in [1.29, 1.82) is 0 Å². The van der Waals surface area contributed by atoms with E-state index < -0.39 is 0 Å². The van der Waals surface area contributed by atoms with Crippen LogP contribution in [0.25, 0.3) is 0 Å². The van der Waals surface area contributed by atoms with Crippen molar-refractivity contribution in [3.8, 4) is 0 Å². The van der Waals surface area contributed by atoms with Crippen molar-refractivity contribution in [1.82, 2.24) is 4.98 Å². The average molecular weight is 277 g/mol. The molecule has 0 unspecified atom stereocenters. The van der Waals surface area contributed by atoms with Crippen LogP contribution in [0, 0.1) is 0 Å². The van der Waals surface area contributed by atoms with Crippen LogP contribution in [-0.4, -0.2) is 13.8 Å². The van der Waals surface area contributed by atoms with Crippen molar-refractivity contribution in [3.05, 3.63) is 29.1 Å². The second-order valence-electron chi connectivity index (χ2n) is 7.95. The molecule has 0 bridgehead atoms. The van der Waals surface area contributed by atoms with Crippen molar-refractivity contribution in [2.75, 3.05) is 0 Å². The third-order valence-electron chi connectivity index (χ3n) is 3.34. The van der Waals surface area contributed by atoms with E-state index in [0.717, 1.165) is 0 Å². The Balaban J connectivity index is 3.17. The van der Waals surface area contributed by atoms with Gasteiger partial charge in [0.05, 0.1) is 0 Å². The van der Waals surface area contributed by atoms with E-state index in [1.54, 1.807) is 0 Å². The molecule has 1 rings (SSSR count). The molecule has 0 aromatic carbocycles. The summed E-state index contributed by atoms with van der Waals surface area (Å²) in [7, 11) is -0.148. The molecule has 1 nitrogen and oxygen atoms in total. The van der Waals surface area contributed by atoms with Crippen LogP contribution in [0.1, 0.15) is 58.5 Å². The molecule has 2 heteroatoms. The minimum atomic E-state index is -0.148. The molecule has 0 atom stereocenters. The van der Waals surface area contributed by atoms with Crippen molar-refractivity contribution >= 4 is 8.80 Å². The Morgan fingerprint density at radius 2 is 1.32 bits per heavy atom. The van der Waals surface area contributed by atoms with Crippen molar-refractivity contribution in [3.63, 3.8) is 0 Å². The van der Waals surface area contributed by atoms with Gasteiger partial charge >= 0.3 is 0 Å².